The lowest BCUT2D eigenvalue weighted by molar-refractivity contribution is -0.116. The van der Waals surface area contributed by atoms with Gasteiger partial charge in [0.25, 0.3) is 5.56 Å². The largest absolute Gasteiger partial charge is 0.325 e. The van der Waals surface area contributed by atoms with Crippen molar-refractivity contribution in [2.45, 2.75) is 44.3 Å². The maximum atomic E-state index is 13.0. The van der Waals surface area contributed by atoms with Crippen LogP contribution in [-0.2, 0) is 11.3 Å². The molecule has 7 heteroatoms. The number of hydrogen-bond acceptors (Lipinski definition) is 5. The number of anilines is 1. The van der Waals surface area contributed by atoms with Crippen molar-refractivity contribution >= 4 is 40.0 Å². The summed E-state index contributed by atoms with van der Waals surface area (Å²) in [6, 6.07) is 12.6. The van der Waals surface area contributed by atoms with E-state index >= 15 is 0 Å². The summed E-state index contributed by atoms with van der Waals surface area (Å²) in [7, 11) is 0. The van der Waals surface area contributed by atoms with Crippen molar-refractivity contribution in [3.8, 4) is 0 Å². The Labute approximate surface area is 178 Å². The van der Waals surface area contributed by atoms with Crippen LogP contribution < -0.4 is 10.9 Å². The SMILES string of the molecule is CCCCn1c(SCC(=O)c2ccc3c(c2)[C@@H](C)C(=O)N3)nc2ccccc2c1=O. The van der Waals surface area contributed by atoms with Crippen LogP contribution in [0.5, 0.6) is 0 Å². The molecule has 0 saturated heterocycles. The van der Waals surface area contributed by atoms with Gasteiger partial charge in [-0.15, -0.1) is 0 Å². The normalized spacial score (nSPS) is 15.3. The number of Topliss-reactive ketones (excluding diaryl/α,β-unsaturated/α-hetero) is 1. The zero-order valence-electron chi connectivity index (χ0n) is 17.0. The number of nitrogens with zero attached hydrogens (tertiary/aromatic N) is 2. The molecule has 154 valence electrons. The molecule has 1 atom stereocenters. The summed E-state index contributed by atoms with van der Waals surface area (Å²) in [5.74, 6) is -0.198. The first-order chi connectivity index (χ1) is 14.5. The van der Waals surface area contributed by atoms with E-state index in [9.17, 15) is 14.4 Å². The van der Waals surface area contributed by atoms with E-state index in [-0.39, 0.29) is 28.9 Å². The van der Waals surface area contributed by atoms with E-state index in [4.69, 9.17) is 0 Å². The molecule has 30 heavy (non-hydrogen) atoms. The second-order valence-electron chi connectivity index (χ2n) is 7.45. The molecular formula is C23H23N3O3S. The zero-order valence-corrected chi connectivity index (χ0v) is 17.8. The molecule has 0 spiro atoms. The van der Waals surface area contributed by atoms with E-state index in [1.807, 2.05) is 25.1 Å². The van der Waals surface area contributed by atoms with E-state index < -0.39 is 0 Å². The highest BCUT2D eigenvalue weighted by Gasteiger charge is 2.27. The van der Waals surface area contributed by atoms with Gasteiger partial charge in [-0.3, -0.25) is 19.0 Å². The number of nitrogens with one attached hydrogen (secondary N) is 1. The Morgan fingerprint density at radius 1 is 1.20 bits per heavy atom. The van der Waals surface area contributed by atoms with Crippen LogP contribution in [0.2, 0.25) is 0 Å². The Morgan fingerprint density at radius 3 is 2.80 bits per heavy atom. The van der Waals surface area contributed by atoms with Gasteiger partial charge in [0.05, 0.1) is 22.6 Å². The Balaban J connectivity index is 1.60. The maximum absolute atomic E-state index is 13.0. The average Bonchev–Trinajstić information content (AvgIpc) is 3.04. The summed E-state index contributed by atoms with van der Waals surface area (Å²) in [6.45, 7) is 4.48. The third-order valence-corrected chi connectivity index (χ3v) is 6.36. The maximum Gasteiger partial charge on any atom is 0.262 e. The van der Waals surface area contributed by atoms with Gasteiger partial charge in [-0.05, 0) is 49.2 Å². The highest BCUT2D eigenvalue weighted by molar-refractivity contribution is 7.99. The minimum Gasteiger partial charge on any atom is -0.325 e. The van der Waals surface area contributed by atoms with Crippen molar-refractivity contribution in [2.24, 2.45) is 0 Å². The lowest BCUT2D eigenvalue weighted by atomic mass is 9.99. The predicted octanol–water partition coefficient (Wildman–Crippen LogP) is 4.23. The number of fused-ring (bicyclic) bond motifs is 2. The zero-order chi connectivity index (χ0) is 21.3. The Morgan fingerprint density at radius 2 is 2.00 bits per heavy atom. The number of amides is 1. The van der Waals surface area contributed by atoms with Crippen molar-refractivity contribution in [3.05, 3.63) is 63.9 Å². The highest BCUT2D eigenvalue weighted by Crippen LogP contribution is 2.33. The molecule has 0 aliphatic carbocycles. The van der Waals surface area contributed by atoms with Crippen molar-refractivity contribution in [2.75, 3.05) is 11.1 Å². The van der Waals surface area contributed by atoms with Crippen LogP contribution in [0.3, 0.4) is 0 Å². The van der Waals surface area contributed by atoms with Gasteiger partial charge in [0, 0.05) is 17.8 Å². The topological polar surface area (TPSA) is 81.1 Å². The van der Waals surface area contributed by atoms with Crippen LogP contribution in [-0.4, -0.2) is 27.0 Å². The predicted molar refractivity (Wildman–Crippen MR) is 119 cm³/mol. The minimum atomic E-state index is -0.262. The molecule has 1 aromatic heterocycles. The fourth-order valence-corrected chi connectivity index (χ4v) is 4.49. The summed E-state index contributed by atoms with van der Waals surface area (Å²) >= 11 is 1.28. The molecule has 1 aliphatic heterocycles. The second kappa shape index (κ2) is 8.44. The van der Waals surface area contributed by atoms with Crippen LogP contribution in [0.25, 0.3) is 10.9 Å². The van der Waals surface area contributed by atoms with E-state index in [1.54, 1.807) is 28.8 Å². The standard InChI is InChI=1S/C23H23N3O3S/c1-3-4-11-26-22(29)16-7-5-6-8-18(16)25-23(26)30-13-20(27)15-9-10-19-17(12-15)14(2)21(28)24-19/h5-10,12,14H,3-4,11,13H2,1-2H3,(H,24,28)/t14-/m1/s1. The van der Waals surface area contributed by atoms with Crippen molar-refractivity contribution in [1.29, 1.82) is 0 Å². The number of aromatic nitrogens is 2. The van der Waals surface area contributed by atoms with Gasteiger partial charge in [-0.2, -0.15) is 0 Å². The van der Waals surface area contributed by atoms with Gasteiger partial charge >= 0.3 is 0 Å². The lowest BCUT2D eigenvalue weighted by Gasteiger charge is -2.12. The third-order valence-electron chi connectivity index (χ3n) is 5.39. The first kappa shape index (κ1) is 20.3. The molecule has 0 saturated carbocycles. The molecule has 1 amide bonds. The second-order valence-corrected chi connectivity index (χ2v) is 8.39. The van der Waals surface area contributed by atoms with Crippen LogP contribution >= 0.6 is 11.8 Å². The first-order valence-corrected chi connectivity index (χ1v) is 11.1. The van der Waals surface area contributed by atoms with Crippen molar-refractivity contribution < 1.29 is 9.59 Å². The lowest BCUT2D eigenvalue weighted by Crippen LogP contribution is -2.24. The van der Waals surface area contributed by atoms with Gasteiger partial charge in [-0.25, -0.2) is 4.98 Å². The summed E-state index contributed by atoms with van der Waals surface area (Å²) in [5.41, 5.74) is 2.75. The number of thioether (sulfide) groups is 1. The molecule has 4 rings (SSSR count). The van der Waals surface area contributed by atoms with Crippen molar-refractivity contribution in [1.82, 2.24) is 9.55 Å². The summed E-state index contributed by atoms with van der Waals surface area (Å²) in [4.78, 5) is 42.3. The molecule has 0 unspecified atom stereocenters. The quantitative estimate of drug-likeness (QED) is 0.351. The molecule has 3 aromatic rings. The van der Waals surface area contributed by atoms with Crippen LogP contribution in [0.15, 0.2) is 52.4 Å². The van der Waals surface area contributed by atoms with Crippen LogP contribution in [0.1, 0.15) is 48.5 Å². The number of carbonyl (C=O) groups is 2. The molecular weight excluding hydrogens is 398 g/mol. The highest BCUT2D eigenvalue weighted by atomic mass is 32.2. The number of rotatable bonds is 7. The molecule has 2 heterocycles. The fraction of sp³-hybridized carbons (Fsp3) is 0.304. The molecule has 0 radical (unpaired) electrons. The van der Waals surface area contributed by atoms with Gasteiger partial charge in [0.15, 0.2) is 10.9 Å². The summed E-state index contributed by atoms with van der Waals surface area (Å²) in [6.07, 6.45) is 1.83. The molecule has 1 aliphatic rings. The number of benzene rings is 2. The Kier molecular flexibility index (Phi) is 5.72. The smallest absolute Gasteiger partial charge is 0.262 e. The summed E-state index contributed by atoms with van der Waals surface area (Å²) < 4.78 is 1.68. The van der Waals surface area contributed by atoms with Gasteiger partial charge in [0.2, 0.25) is 5.91 Å². The van der Waals surface area contributed by atoms with E-state index in [0.717, 1.165) is 24.1 Å². The van der Waals surface area contributed by atoms with Gasteiger partial charge < -0.3 is 5.32 Å². The number of unbranched alkanes of at least 4 members (excludes halogenated alkanes) is 1. The van der Waals surface area contributed by atoms with Crippen LogP contribution in [0.4, 0.5) is 5.69 Å². The summed E-state index contributed by atoms with van der Waals surface area (Å²) in [5, 5.41) is 3.97. The Bertz CT molecular complexity index is 1200. The van der Waals surface area contributed by atoms with Crippen LogP contribution in [0, 0.1) is 0 Å². The van der Waals surface area contributed by atoms with Crippen molar-refractivity contribution in [3.63, 3.8) is 0 Å². The molecule has 0 fully saturated rings. The molecule has 6 nitrogen and oxygen atoms in total. The molecule has 0 bridgehead atoms. The Hall–Kier alpha value is -2.93. The monoisotopic (exact) mass is 421 g/mol. The van der Waals surface area contributed by atoms with E-state index in [0.29, 0.717) is 28.2 Å². The van der Waals surface area contributed by atoms with Gasteiger partial charge in [-0.1, -0.05) is 37.2 Å². The number of carbonyl (C=O) groups excluding carboxylic acids is 2. The molecule has 2 aromatic carbocycles. The third kappa shape index (κ3) is 3.77. The number of para-hydroxylation sites is 1. The minimum absolute atomic E-state index is 0.0516. The molecule has 1 N–H and O–H groups in total. The van der Waals surface area contributed by atoms with E-state index in [1.165, 1.54) is 11.8 Å². The average molecular weight is 422 g/mol. The first-order valence-electron chi connectivity index (χ1n) is 10.1. The fourth-order valence-electron chi connectivity index (χ4n) is 3.58. The van der Waals surface area contributed by atoms with Gasteiger partial charge in [0.1, 0.15) is 0 Å². The number of hydrogen-bond donors (Lipinski definition) is 1. The van der Waals surface area contributed by atoms with E-state index in [2.05, 4.69) is 17.2 Å². The number of ketones is 1.